The number of hydrogen-bond acceptors (Lipinski definition) is 6. The fourth-order valence-electron chi connectivity index (χ4n) is 3.19. The van der Waals surface area contributed by atoms with Crippen molar-refractivity contribution in [2.45, 2.75) is 57.5 Å². The SMILES string of the molecule is CC[C@@H](C)[C@@H](O)[C@@](C)(O)/C=C/C1=CC2=C(Cl)C(=O)[C@@](C)(O)[C@@H](O)[C@@H]2CO1. The molecule has 4 N–H and O–H groups in total. The normalized spacial score (nSPS) is 34.0. The standard InChI is InChI=1S/C19H27ClO6/c1-5-10(2)15(21)18(3,24)7-6-11-8-12-13(9-26-11)16(22)19(4,25)17(23)14(12)20/h6-8,10,13,15-16,21-22,24-25H,5,9H2,1-4H3/b7-6+/t10-,13-,15-,16+,18+,19+/m1/s1. The minimum absolute atomic E-state index is 0.0301. The summed E-state index contributed by atoms with van der Waals surface area (Å²) in [6.07, 6.45) is 2.88. The van der Waals surface area contributed by atoms with Gasteiger partial charge in [-0.3, -0.25) is 4.79 Å². The number of ether oxygens (including phenoxy) is 1. The van der Waals surface area contributed by atoms with Crippen molar-refractivity contribution in [1.29, 1.82) is 0 Å². The predicted molar refractivity (Wildman–Crippen MR) is 97.3 cm³/mol. The van der Waals surface area contributed by atoms with Crippen LogP contribution in [-0.4, -0.2) is 56.2 Å². The van der Waals surface area contributed by atoms with Gasteiger partial charge in [0.05, 0.1) is 17.7 Å². The van der Waals surface area contributed by atoms with Crippen molar-refractivity contribution in [3.8, 4) is 0 Å². The van der Waals surface area contributed by atoms with Gasteiger partial charge in [0.2, 0.25) is 5.78 Å². The van der Waals surface area contributed by atoms with Crippen molar-refractivity contribution in [2.24, 2.45) is 11.8 Å². The number of hydrogen-bond donors (Lipinski definition) is 4. The second kappa shape index (κ2) is 7.44. The Morgan fingerprint density at radius 1 is 1.54 bits per heavy atom. The maximum absolute atomic E-state index is 12.2. The first-order valence-electron chi connectivity index (χ1n) is 8.72. The lowest BCUT2D eigenvalue weighted by Gasteiger charge is -2.40. The Bertz CT molecular complexity index is 661. The molecule has 0 aromatic rings. The molecule has 0 radical (unpaired) electrons. The van der Waals surface area contributed by atoms with E-state index in [4.69, 9.17) is 16.3 Å². The van der Waals surface area contributed by atoms with E-state index in [1.54, 1.807) is 0 Å². The fourth-order valence-corrected chi connectivity index (χ4v) is 3.58. The van der Waals surface area contributed by atoms with E-state index >= 15 is 0 Å². The molecule has 1 aliphatic carbocycles. The number of rotatable bonds is 5. The number of carbonyl (C=O) groups excluding carboxylic acids is 1. The van der Waals surface area contributed by atoms with Gasteiger partial charge >= 0.3 is 0 Å². The molecule has 6 atom stereocenters. The number of Topliss-reactive ketones (excluding diaryl/α,β-unsaturated/α-hetero) is 1. The molecular weight excluding hydrogens is 360 g/mol. The molecule has 6 nitrogen and oxygen atoms in total. The van der Waals surface area contributed by atoms with E-state index in [2.05, 4.69) is 0 Å². The maximum Gasteiger partial charge on any atom is 0.208 e. The van der Waals surface area contributed by atoms with Gasteiger partial charge in [-0.15, -0.1) is 0 Å². The van der Waals surface area contributed by atoms with Crippen molar-refractivity contribution in [3.05, 3.63) is 34.6 Å². The van der Waals surface area contributed by atoms with Gasteiger partial charge < -0.3 is 25.2 Å². The highest BCUT2D eigenvalue weighted by molar-refractivity contribution is 6.44. The van der Waals surface area contributed by atoms with Crippen LogP contribution >= 0.6 is 11.6 Å². The van der Waals surface area contributed by atoms with Crippen molar-refractivity contribution in [2.75, 3.05) is 6.61 Å². The molecule has 26 heavy (non-hydrogen) atoms. The van der Waals surface area contributed by atoms with Crippen LogP contribution in [0.5, 0.6) is 0 Å². The van der Waals surface area contributed by atoms with Crippen LogP contribution in [0.25, 0.3) is 0 Å². The second-order valence-corrected chi connectivity index (χ2v) is 7.92. The van der Waals surface area contributed by atoms with Crippen LogP contribution in [0, 0.1) is 11.8 Å². The lowest BCUT2D eigenvalue weighted by atomic mass is 9.75. The number of aliphatic hydroxyl groups is 4. The van der Waals surface area contributed by atoms with Gasteiger partial charge in [-0.25, -0.2) is 0 Å². The van der Waals surface area contributed by atoms with Crippen LogP contribution in [-0.2, 0) is 9.53 Å². The zero-order chi connectivity index (χ0) is 19.9. The van der Waals surface area contributed by atoms with Gasteiger partial charge in [0.1, 0.15) is 17.5 Å². The Balaban J connectivity index is 2.29. The van der Waals surface area contributed by atoms with Crippen molar-refractivity contribution < 1.29 is 30.0 Å². The fraction of sp³-hybridized carbons (Fsp3) is 0.632. The molecule has 0 bridgehead atoms. The zero-order valence-electron chi connectivity index (χ0n) is 15.4. The number of aliphatic hydroxyl groups excluding tert-OH is 2. The molecule has 7 heteroatoms. The van der Waals surface area contributed by atoms with Crippen molar-refractivity contribution in [1.82, 2.24) is 0 Å². The third-order valence-corrected chi connectivity index (χ3v) is 5.75. The van der Waals surface area contributed by atoms with Gasteiger partial charge in [0.25, 0.3) is 0 Å². The summed E-state index contributed by atoms with van der Waals surface area (Å²) in [6, 6.07) is 0. The molecule has 0 fully saturated rings. The van der Waals surface area contributed by atoms with E-state index in [9.17, 15) is 25.2 Å². The summed E-state index contributed by atoms with van der Waals surface area (Å²) in [5.41, 5.74) is -3.02. The summed E-state index contributed by atoms with van der Waals surface area (Å²) in [5.74, 6) is -1.12. The van der Waals surface area contributed by atoms with Gasteiger partial charge in [-0.2, -0.15) is 0 Å². The molecule has 0 unspecified atom stereocenters. The van der Waals surface area contributed by atoms with Crippen molar-refractivity contribution >= 4 is 17.4 Å². The number of halogens is 1. The molecule has 1 heterocycles. The van der Waals surface area contributed by atoms with E-state index in [0.29, 0.717) is 17.8 Å². The Labute approximate surface area is 158 Å². The first-order chi connectivity index (χ1) is 11.9. The van der Waals surface area contributed by atoms with Crippen LogP contribution in [0.2, 0.25) is 0 Å². The lowest BCUT2D eigenvalue weighted by molar-refractivity contribution is -0.150. The molecule has 0 aromatic carbocycles. The molecule has 0 saturated carbocycles. The van der Waals surface area contributed by atoms with Crippen LogP contribution in [0.4, 0.5) is 0 Å². The van der Waals surface area contributed by atoms with Gasteiger partial charge in [0, 0.05) is 5.92 Å². The highest BCUT2D eigenvalue weighted by Crippen LogP contribution is 2.40. The van der Waals surface area contributed by atoms with E-state index in [1.165, 1.54) is 32.1 Å². The van der Waals surface area contributed by atoms with Crippen molar-refractivity contribution in [3.63, 3.8) is 0 Å². The summed E-state index contributed by atoms with van der Waals surface area (Å²) < 4.78 is 5.56. The summed E-state index contributed by atoms with van der Waals surface area (Å²) in [6.45, 7) is 6.53. The zero-order valence-corrected chi connectivity index (χ0v) is 16.2. The van der Waals surface area contributed by atoms with Gasteiger partial charge in [-0.1, -0.05) is 31.9 Å². The minimum atomic E-state index is -1.96. The summed E-state index contributed by atoms with van der Waals surface area (Å²) in [7, 11) is 0. The lowest BCUT2D eigenvalue weighted by Crippen LogP contribution is -2.55. The van der Waals surface area contributed by atoms with E-state index in [1.807, 2.05) is 13.8 Å². The average Bonchev–Trinajstić information content (AvgIpc) is 2.61. The van der Waals surface area contributed by atoms with Crippen LogP contribution in [0.1, 0.15) is 34.1 Å². The Morgan fingerprint density at radius 3 is 2.73 bits per heavy atom. The number of fused-ring (bicyclic) bond motifs is 1. The third-order valence-electron chi connectivity index (χ3n) is 5.36. The van der Waals surface area contributed by atoms with Crippen LogP contribution in [0.15, 0.2) is 34.6 Å². The molecule has 1 aliphatic heterocycles. The number of carbonyl (C=O) groups is 1. The highest BCUT2D eigenvalue weighted by atomic mass is 35.5. The average molecular weight is 387 g/mol. The van der Waals surface area contributed by atoms with Gasteiger partial charge in [-0.05, 0) is 43.6 Å². The van der Waals surface area contributed by atoms with Crippen LogP contribution < -0.4 is 0 Å². The summed E-state index contributed by atoms with van der Waals surface area (Å²) in [5, 5.41) is 41.0. The molecule has 0 spiro atoms. The summed E-state index contributed by atoms with van der Waals surface area (Å²) >= 11 is 6.10. The summed E-state index contributed by atoms with van der Waals surface area (Å²) in [4.78, 5) is 12.2. The topological polar surface area (TPSA) is 107 Å². The Kier molecular flexibility index (Phi) is 6.05. The monoisotopic (exact) mass is 386 g/mol. The molecule has 2 aliphatic rings. The first-order valence-corrected chi connectivity index (χ1v) is 9.10. The smallest absolute Gasteiger partial charge is 0.208 e. The molecule has 0 amide bonds. The molecule has 0 saturated heterocycles. The van der Waals surface area contributed by atoms with E-state index in [-0.39, 0.29) is 17.6 Å². The minimum Gasteiger partial charge on any atom is -0.493 e. The predicted octanol–water partition coefficient (Wildman–Crippen LogP) is 1.42. The molecule has 0 aromatic heterocycles. The van der Waals surface area contributed by atoms with E-state index in [0.717, 1.165) is 0 Å². The molecule has 2 rings (SSSR count). The number of ketones is 1. The van der Waals surface area contributed by atoms with Gasteiger partial charge in [0.15, 0.2) is 5.60 Å². The third kappa shape index (κ3) is 3.75. The Morgan fingerprint density at radius 2 is 2.15 bits per heavy atom. The number of allylic oxidation sites excluding steroid dienone is 2. The second-order valence-electron chi connectivity index (χ2n) is 7.54. The molecular formula is C19H27ClO6. The van der Waals surface area contributed by atoms with E-state index < -0.39 is 35.1 Å². The molecule has 146 valence electrons. The maximum atomic E-state index is 12.2. The first kappa shape index (κ1) is 21.1. The quantitative estimate of drug-likeness (QED) is 0.569. The largest absolute Gasteiger partial charge is 0.493 e. The highest BCUT2D eigenvalue weighted by Gasteiger charge is 2.50. The van der Waals surface area contributed by atoms with Crippen LogP contribution in [0.3, 0.4) is 0 Å². The Hall–Kier alpha value is -1.18.